The van der Waals surface area contributed by atoms with Gasteiger partial charge in [-0.05, 0) is 54.2 Å². The first-order chi connectivity index (χ1) is 25.2. The Hall–Kier alpha value is -2.99. The lowest BCUT2D eigenvalue weighted by Gasteiger charge is -2.50. The van der Waals surface area contributed by atoms with Crippen molar-refractivity contribution < 1.29 is 41.5 Å². The van der Waals surface area contributed by atoms with Crippen LogP contribution in [0.15, 0.2) is 121 Å². The highest BCUT2D eigenvalue weighted by atomic mass is 31.2. The van der Waals surface area contributed by atoms with Crippen LogP contribution >= 0.6 is 7.82 Å². The Morgan fingerprint density at radius 1 is 0.566 bits per heavy atom. The normalized spacial score (nSPS) is 26.5. The molecular formula is C42H51O9PSi. The average Bonchev–Trinajstić information content (AvgIpc) is 3.65. The second-order valence-corrected chi connectivity index (χ2v) is 21.8. The van der Waals surface area contributed by atoms with Crippen molar-refractivity contribution in [3.05, 3.63) is 132 Å². The van der Waals surface area contributed by atoms with Crippen LogP contribution in [0.2, 0.25) is 5.04 Å². The van der Waals surface area contributed by atoms with E-state index in [0.717, 1.165) is 21.5 Å². The number of hydrogen-bond acceptors (Lipinski definition) is 9. The third-order valence-corrected chi connectivity index (χ3v) is 16.5. The molecule has 1 saturated carbocycles. The van der Waals surface area contributed by atoms with Gasteiger partial charge in [0.25, 0.3) is 8.32 Å². The Morgan fingerprint density at radius 3 is 1.26 bits per heavy atom. The lowest BCUT2D eigenvalue weighted by atomic mass is 9.85. The van der Waals surface area contributed by atoms with Crippen LogP contribution in [0.5, 0.6) is 0 Å². The maximum absolute atomic E-state index is 14.9. The van der Waals surface area contributed by atoms with Crippen molar-refractivity contribution in [1.82, 2.24) is 0 Å². The summed E-state index contributed by atoms with van der Waals surface area (Å²) in [6.07, 6.45) is -4.56. The number of benzene rings is 4. The van der Waals surface area contributed by atoms with Crippen molar-refractivity contribution in [2.75, 3.05) is 0 Å². The molecule has 3 aliphatic rings. The SMILES string of the molecule is CC1(C)O[C@@H]2C(OP(=O)(OCc3ccccc3)OCc3ccccc3)[C@@H]3OC(C)(C)O[C@H]3C(O[Si](c3ccccc3)(c3ccccc3)C(C)(C)C)[C@@H]2O1. The molecule has 282 valence electrons. The molecule has 0 bridgehead atoms. The van der Waals surface area contributed by atoms with Crippen LogP contribution in [0, 0.1) is 0 Å². The van der Waals surface area contributed by atoms with Gasteiger partial charge in [0.05, 0.1) is 13.2 Å². The van der Waals surface area contributed by atoms with Crippen molar-refractivity contribution in [2.24, 2.45) is 0 Å². The summed E-state index contributed by atoms with van der Waals surface area (Å²) >= 11 is 0. The highest BCUT2D eigenvalue weighted by molar-refractivity contribution is 7.48. The Kier molecular flexibility index (Phi) is 10.8. The summed E-state index contributed by atoms with van der Waals surface area (Å²) in [6.45, 7) is 14.2. The smallest absolute Gasteiger partial charge is 0.399 e. The van der Waals surface area contributed by atoms with Crippen molar-refractivity contribution in [3.63, 3.8) is 0 Å². The van der Waals surface area contributed by atoms with Gasteiger partial charge in [0.2, 0.25) is 0 Å². The number of hydrogen-bond donors (Lipinski definition) is 0. The molecule has 0 radical (unpaired) electrons. The fourth-order valence-corrected chi connectivity index (χ4v) is 13.9. The molecule has 11 heteroatoms. The van der Waals surface area contributed by atoms with Crippen molar-refractivity contribution >= 4 is 26.5 Å². The summed E-state index contributed by atoms with van der Waals surface area (Å²) in [7, 11) is -7.42. The summed E-state index contributed by atoms with van der Waals surface area (Å²) < 4.78 is 68.3. The molecule has 6 atom stereocenters. The molecule has 0 aromatic heterocycles. The number of ether oxygens (including phenoxy) is 4. The lowest BCUT2D eigenvalue weighted by molar-refractivity contribution is -0.181. The van der Waals surface area contributed by atoms with Gasteiger partial charge in [-0.1, -0.05) is 142 Å². The summed E-state index contributed by atoms with van der Waals surface area (Å²) in [5.41, 5.74) is 1.64. The Balaban J connectivity index is 1.29. The summed E-state index contributed by atoms with van der Waals surface area (Å²) in [5, 5.41) is 1.91. The predicted octanol–water partition coefficient (Wildman–Crippen LogP) is 7.91. The van der Waals surface area contributed by atoms with Crippen molar-refractivity contribution in [2.45, 2.75) is 115 Å². The molecule has 0 spiro atoms. The van der Waals surface area contributed by atoms with E-state index >= 15 is 0 Å². The minimum absolute atomic E-state index is 0.00705. The molecule has 2 aliphatic heterocycles. The van der Waals surface area contributed by atoms with E-state index in [1.165, 1.54) is 0 Å². The third kappa shape index (κ3) is 8.05. The second kappa shape index (κ2) is 14.9. The van der Waals surface area contributed by atoms with E-state index < -0.39 is 64.3 Å². The van der Waals surface area contributed by atoms with Gasteiger partial charge in [0.15, 0.2) is 11.6 Å². The summed E-state index contributed by atoms with van der Waals surface area (Å²) in [6, 6.07) is 39.9. The summed E-state index contributed by atoms with van der Waals surface area (Å²) in [4.78, 5) is 0. The predicted molar refractivity (Wildman–Crippen MR) is 205 cm³/mol. The van der Waals surface area contributed by atoms with E-state index in [-0.39, 0.29) is 18.3 Å². The van der Waals surface area contributed by atoms with Gasteiger partial charge in [-0.15, -0.1) is 0 Å². The van der Waals surface area contributed by atoms with Crippen LogP contribution in [-0.2, 0) is 54.7 Å². The maximum atomic E-state index is 14.9. The van der Waals surface area contributed by atoms with Crippen LogP contribution in [0.4, 0.5) is 0 Å². The van der Waals surface area contributed by atoms with Gasteiger partial charge in [-0.25, -0.2) is 4.57 Å². The highest BCUT2D eigenvalue weighted by Gasteiger charge is 2.67. The molecule has 7 rings (SSSR count). The molecule has 53 heavy (non-hydrogen) atoms. The number of rotatable bonds is 12. The first kappa shape index (κ1) is 38.3. The van der Waals surface area contributed by atoms with E-state index in [0.29, 0.717) is 0 Å². The lowest BCUT2D eigenvalue weighted by Crippen LogP contribution is -2.72. The number of phosphoric acid groups is 1. The van der Waals surface area contributed by atoms with E-state index in [4.69, 9.17) is 36.9 Å². The topological polar surface area (TPSA) is 90.9 Å². The maximum Gasteiger partial charge on any atom is 0.475 e. The second-order valence-electron chi connectivity index (χ2n) is 15.9. The van der Waals surface area contributed by atoms with Crippen LogP contribution in [0.3, 0.4) is 0 Å². The van der Waals surface area contributed by atoms with Crippen LogP contribution in [-0.4, -0.2) is 56.5 Å². The van der Waals surface area contributed by atoms with E-state index in [1.54, 1.807) is 0 Å². The zero-order valence-corrected chi connectivity index (χ0v) is 33.4. The fourth-order valence-electron chi connectivity index (χ4n) is 7.88. The molecule has 2 heterocycles. The van der Waals surface area contributed by atoms with Gasteiger partial charge in [0, 0.05) is 0 Å². The Morgan fingerprint density at radius 2 is 0.906 bits per heavy atom. The molecule has 4 aromatic carbocycles. The van der Waals surface area contributed by atoms with Crippen molar-refractivity contribution in [1.29, 1.82) is 0 Å². The zero-order valence-electron chi connectivity index (χ0n) is 31.5. The largest absolute Gasteiger partial charge is 0.475 e. The number of phosphoric ester groups is 1. The average molecular weight is 759 g/mol. The standard InChI is InChI=1S/C42H51O9PSi/c1-40(2,3)53(32-24-16-10-17-25-32,33-26-18-11-19-27-33)51-39-36-34(46-41(4,5)48-36)38(35-37(39)49-42(6,7)47-35)50-52(43,44-28-30-20-12-8-13-21-30)45-29-31-22-14-9-15-23-31/h8-27,34-39H,28-29H2,1-7H3/t34-,35+,36-,37-,38?,39?/m1/s1. The molecule has 0 N–H and O–H groups in total. The van der Waals surface area contributed by atoms with Gasteiger partial charge >= 0.3 is 7.82 Å². The number of fused-ring (bicyclic) bond motifs is 2. The van der Waals surface area contributed by atoms with Gasteiger partial charge in [-0.2, -0.15) is 0 Å². The molecule has 2 saturated heterocycles. The minimum atomic E-state index is -4.29. The van der Waals surface area contributed by atoms with Crippen LogP contribution in [0.25, 0.3) is 0 Å². The van der Waals surface area contributed by atoms with Gasteiger partial charge in [-0.3, -0.25) is 13.6 Å². The fraction of sp³-hybridized carbons (Fsp3) is 0.429. The van der Waals surface area contributed by atoms with Gasteiger partial charge in [0.1, 0.15) is 36.6 Å². The summed E-state index contributed by atoms with van der Waals surface area (Å²) in [5.74, 6) is -2.06. The molecule has 9 nitrogen and oxygen atoms in total. The first-order valence-electron chi connectivity index (χ1n) is 18.3. The molecule has 2 unspecified atom stereocenters. The van der Waals surface area contributed by atoms with E-state index in [2.05, 4.69) is 69.3 Å². The molecule has 0 amide bonds. The quantitative estimate of drug-likeness (QED) is 0.106. The molecule has 4 aromatic rings. The van der Waals surface area contributed by atoms with E-state index in [9.17, 15) is 4.57 Å². The molecule has 1 aliphatic carbocycles. The third-order valence-electron chi connectivity index (χ3n) is 10.1. The Labute approximate surface area is 314 Å². The van der Waals surface area contributed by atoms with Gasteiger partial charge < -0.3 is 23.4 Å². The van der Waals surface area contributed by atoms with Crippen LogP contribution < -0.4 is 10.4 Å². The minimum Gasteiger partial charge on any atom is -0.399 e. The molecular weight excluding hydrogens is 708 g/mol. The first-order valence-corrected chi connectivity index (χ1v) is 21.7. The molecule has 3 fully saturated rings. The van der Waals surface area contributed by atoms with Crippen molar-refractivity contribution in [3.8, 4) is 0 Å². The van der Waals surface area contributed by atoms with E-state index in [1.807, 2.05) is 100 Å². The zero-order chi connectivity index (χ0) is 37.5. The van der Waals surface area contributed by atoms with Crippen LogP contribution in [0.1, 0.15) is 59.6 Å². The highest BCUT2D eigenvalue weighted by Crippen LogP contribution is 2.57. The Bertz CT molecular complexity index is 1730. The monoisotopic (exact) mass is 758 g/mol.